The fraction of sp³-hybridized carbons (Fsp3) is 0.737. The molecule has 0 unspecified atom stereocenters. The molecule has 29 heavy (non-hydrogen) atoms. The number of nitrogens with zero attached hydrogens (tertiary/aromatic N) is 3. The normalized spacial score (nSPS) is 20.8. The van der Waals surface area contributed by atoms with Gasteiger partial charge in [-0.05, 0) is 26.2 Å². The highest BCUT2D eigenvalue weighted by Crippen LogP contribution is 2.30. The van der Waals surface area contributed by atoms with E-state index in [0.717, 1.165) is 25.7 Å². The summed E-state index contributed by atoms with van der Waals surface area (Å²) in [5, 5.41) is 4.55. The summed E-state index contributed by atoms with van der Waals surface area (Å²) in [7, 11) is -3.49. The number of piperazine rings is 1. The number of carbonyl (C=O) groups is 2. The van der Waals surface area contributed by atoms with Gasteiger partial charge >= 0.3 is 0 Å². The second-order valence-corrected chi connectivity index (χ2v) is 11.5. The molecule has 2 aliphatic rings. The molecule has 0 spiro atoms. The van der Waals surface area contributed by atoms with Crippen LogP contribution in [0.15, 0.2) is 11.6 Å². The van der Waals surface area contributed by atoms with Crippen LogP contribution in [-0.4, -0.2) is 65.3 Å². The van der Waals surface area contributed by atoms with Gasteiger partial charge in [-0.15, -0.1) is 11.3 Å². The third-order valence-corrected chi connectivity index (χ3v) is 8.71. The number of rotatable bonds is 7. The van der Waals surface area contributed by atoms with Crippen molar-refractivity contribution < 1.29 is 18.0 Å². The zero-order chi connectivity index (χ0) is 21.0. The lowest BCUT2D eigenvalue weighted by molar-refractivity contribution is -0.142. The Morgan fingerprint density at radius 1 is 1.28 bits per heavy atom. The van der Waals surface area contributed by atoms with Gasteiger partial charge in [-0.1, -0.05) is 32.1 Å². The molecule has 1 aliphatic heterocycles. The van der Waals surface area contributed by atoms with Crippen molar-refractivity contribution in [2.75, 3.05) is 25.0 Å². The summed E-state index contributed by atoms with van der Waals surface area (Å²) in [5.41, 5.74) is 0. The van der Waals surface area contributed by atoms with Gasteiger partial charge in [0.2, 0.25) is 21.8 Å². The highest BCUT2D eigenvalue weighted by Gasteiger charge is 2.39. The highest BCUT2D eigenvalue weighted by molar-refractivity contribution is 7.89. The van der Waals surface area contributed by atoms with E-state index in [1.165, 1.54) is 22.1 Å². The van der Waals surface area contributed by atoms with E-state index in [1.54, 1.807) is 30.3 Å². The molecule has 1 saturated heterocycles. The van der Waals surface area contributed by atoms with Gasteiger partial charge in [0.15, 0.2) is 5.13 Å². The van der Waals surface area contributed by atoms with Crippen LogP contribution >= 0.6 is 11.3 Å². The van der Waals surface area contributed by atoms with Crippen LogP contribution in [0.5, 0.6) is 0 Å². The van der Waals surface area contributed by atoms with E-state index in [1.807, 2.05) is 0 Å². The van der Waals surface area contributed by atoms with Crippen molar-refractivity contribution in [2.45, 2.75) is 63.7 Å². The van der Waals surface area contributed by atoms with E-state index in [4.69, 9.17) is 0 Å². The van der Waals surface area contributed by atoms with Gasteiger partial charge in [-0.2, -0.15) is 4.31 Å². The fourth-order valence-corrected chi connectivity index (χ4v) is 5.85. The van der Waals surface area contributed by atoms with Crippen molar-refractivity contribution in [3.05, 3.63) is 11.6 Å². The van der Waals surface area contributed by atoms with Crippen LogP contribution in [-0.2, 0) is 19.6 Å². The summed E-state index contributed by atoms with van der Waals surface area (Å²) < 4.78 is 26.1. The van der Waals surface area contributed by atoms with E-state index in [9.17, 15) is 18.0 Å². The zero-order valence-electron chi connectivity index (χ0n) is 17.0. The Labute approximate surface area is 176 Å². The van der Waals surface area contributed by atoms with Gasteiger partial charge in [0.1, 0.15) is 6.04 Å². The van der Waals surface area contributed by atoms with E-state index >= 15 is 0 Å². The van der Waals surface area contributed by atoms with Gasteiger partial charge in [0, 0.05) is 24.7 Å². The summed E-state index contributed by atoms with van der Waals surface area (Å²) in [6.07, 6.45) is 7.89. The molecule has 0 radical (unpaired) electrons. The molecule has 1 aromatic heterocycles. The van der Waals surface area contributed by atoms with Crippen molar-refractivity contribution in [2.24, 2.45) is 5.92 Å². The maximum absolute atomic E-state index is 13.0. The molecule has 2 heterocycles. The van der Waals surface area contributed by atoms with Gasteiger partial charge in [-0.3, -0.25) is 9.59 Å². The van der Waals surface area contributed by atoms with Gasteiger partial charge in [0.25, 0.3) is 0 Å². The Bertz CT molecular complexity index is 804. The highest BCUT2D eigenvalue weighted by atomic mass is 32.2. The van der Waals surface area contributed by atoms with E-state index in [-0.39, 0.29) is 31.4 Å². The second kappa shape index (κ2) is 9.53. The number of hydrogen-bond acceptors (Lipinski definition) is 6. The summed E-state index contributed by atoms with van der Waals surface area (Å²) in [6.45, 7) is 3.47. The van der Waals surface area contributed by atoms with Crippen molar-refractivity contribution in [1.29, 1.82) is 0 Å². The smallest absolute Gasteiger partial charge is 0.248 e. The van der Waals surface area contributed by atoms with Gasteiger partial charge < -0.3 is 10.2 Å². The molecule has 0 bridgehead atoms. The minimum Gasteiger partial charge on any atom is -0.328 e. The van der Waals surface area contributed by atoms with Crippen molar-refractivity contribution >= 4 is 38.3 Å². The average molecular weight is 443 g/mol. The van der Waals surface area contributed by atoms with Crippen LogP contribution in [0.25, 0.3) is 0 Å². The van der Waals surface area contributed by atoms with Crippen LogP contribution in [0.4, 0.5) is 5.13 Å². The summed E-state index contributed by atoms with van der Waals surface area (Å²) in [6, 6.07) is -0.599. The number of anilines is 1. The predicted octanol–water partition coefficient (Wildman–Crippen LogP) is 2.30. The molecule has 3 rings (SSSR count). The minimum atomic E-state index is -3.49. The van der Waals surface area contributed by atoms with Crippen LogP contribution in [0.3, 0.4) is 0 Å². The number of hydrogen-bond donors (Lipinski definition) is 1. The molecule has 10 heteroatoms. The molecule has 1 aromatic rings. The Balaban J connectivity index is 1.74. The molecule has 1 saturated carbocycles. The number of thiazole rings is 1. The minimum absolute atomic E-state index is 0.202. The Hall–Kier alpha value is -1.52. The molecule has 2 amide bonds. The topological polar surface area (TPSA) is 99.7 Å². The van der Waals surface area contributed by atoms with E-state index < -0.39 is 21.3 Å². The van der Waals surface area contributed by atoms with E-state index in [0.29, 0.717) is 17.5 Å². The largest absolute Gasteiger partial charge is 0.328 e. The second-order valence-electron chi connectivity index (χ2n) is 8.10. The first kappa shape index (κ1) is 22.2. The standard InChI is InChI=1S/C19H30N4O4S2/c1-14(2)29(26,27)22-9-10-23(17(24)13-22)16(12-15-6-4-3-5-7-15)18(25)21-19-20-8-11-28-19/h8,11,14-16H,3-7,9-10,12-13H2,1-2H3,(H,20,21,25)/t16-/m0/s1. The zero-order valence-corrected chi connectivity index (χ0v) is 18.7. The van der Waals surface area contributed by atoms with Crippen molar-refractivity contribution in [1.82, 2.24) is 14.2 Å². The Morgan fingerprint density at radius 3 is 2.59 bits per heavy atom. The SMILES string of the molecule is CC(C)S(=O)(=O)N1CCN([C@@H](CC2CCCCC2)C(=O)Nc2nccs2)C(=O)C1. The molecule has 0 aromatic carbocycles. The number of nitrogens with one attached hydrogen (secondary N) is 1. The lowest BCUT2D eigenvalue weighted by atomic mass is 9.84. The summed E-state index contributed by atoms with van der Waals surface area (Å²) in [5.74, 6) is -0.143. The summed E-state index contributed by atoms with van der Waals surface area (Å²) in [4.78, 5) is 31.6. The molecular formula is C19H30N4O4S2. The fourth-order valence-electron chi connectivity index (χ4n) is 4.10. The van der Waals surface area contributed by atoms with E-state index in [2.05, 4.69) is 10.3 Å². The maximum atomic E-state index is 13.0. The maximum Gasteiger partial charge on any atom is 0.248 e. The molecule has 1 N–H and O–H groups in total. The molecule has 162 valence electrons. The molecule has 8 nitrogen and oxygen atoms in total. The van der Waals surface area contributed by atoms with Crippen molar-refractivity contribution in [3.63, 3.8) is 0 Å². The number of aromatic nitrogens is 1. The number of amides is 2. The molecule has 1 aliphatic carbocycles. The first-order chi connectivity index (χ1) is 13.8. The van der Waals surface area contributed by atoms with Crippen LogP contribution in [0.1, 0.15) is 52.4 Å². The van der Waals surface area contributed by atoms with Crippen molar-refractivity contribution in [3.8, 4) is 0 Å². The summed E-state index contributed by atoms with van der Waals surface area (Å²) >= 11 is 1.34. The molecular weight excluding hydrogens is 412 g/mol. The quantitative estimate of drug-likeness (QED) is 0.698. The van der Waals surface area contributed by atoms with Gasteiger partial charge in [-0.25, -0.2) is 13.4 Å². The first-order valence-electron chi connectivity index (χ1n) is 10.3. The lowest BCUT2D eigenvalue weighted by Crippen LogP contribution is -2.59. The third-order valence-electron chi connectivity index (χ3n) is 5.80. The number of carbonyl (C=O) groups excluding carboxylic acids is 2. The number of sulfonamides is 1. The van der Waals surface area contributed by atoms with Crippen LogP contribution < -0.4 is 5.32 Å². The molecule has 2 fully saturated rings. The first-order valence-corrected chi connectivity index (χ1v) is 12.7. The predicted molar refractivity (Wildman–Crippen MR) is 113 cm³/mol. The molecule has 1 atom stereocenters. The van der Waals surface area contributed by atoms with Crippen LogP contribution in [0.2, 0.25) is 0 Å². The van der Waals surface area contributed by atoms with Crippen LogP contribution in [0, 0.1) is 5.92 Å². The Kier molecular flexibility index (Phi) is 7.28. The average Bonchev–Trinajstić information content (AvgIpc) is 3.20. The monoisotopic (exact) mass is 442 g/mol. The van der Waals surface area contributed by atoms with Gasteiger partial charge in [0.05, 0.1) is 11.8 Å². The lowest BCUT2D eigenvalue weighted by Gasteiger charge is -2.39. The third kappa shape index (κ3) is 5.35. The Morgan fingerprint density at radius 2 is 2.00 bits per heavy atom.